The Bertz CT molecular complexity index is 514. The van der Waals surface area contributed by atoms with Crippen LogP contribution in [-0.2, 0) is 17.8 Å². The van der Waals surface area contributed by atoms with Crippen molar-refractivity contribution >= 4 is 11.9 Å². The molecule has 0 fully saturated rings. The molecular weight excluding hydrogens is 246 g/mol. The van der Waals surface area contributed by atoms with Gasteiger partial charge in [0, 0.05) is 13.0 Å². The van der Waals surface area contributed by atoms with Gasteiger partial charge in [0.25, 0.3) is 5.91 Å². The van der Waals surface area contributed by atoms with E-state index >= 15 is 0 Å². The first kappa shape index (κ1) is 14.8. The van der Waals surface area contributed by atoms with E-state index in [2.05, 4.69) is 16.3 Å². The number of rotatable bonds is 6. The third-order valence-corrected chi connectivity index (χ3v) is 2.65. The fraction of sp³-hybridized carbons (Fsp3) is 0.462. The average Bonchev–Trinajstić information content (AvgIpc) is 2.81. The monoisotopic (exact) mass is 263 g/mol. The maximum atomic E-state index is 12.0. The predicted molar refractivity (Wildman–Crippen MR) is 69.6 cm³/mol. The van der Waals surface area contributed by atoms with E-state index in [1.165, 1.54) is 0 Å². The van der Waals surface area contributed by atoms with Gasteiger partial charge in [-0.1, -0.05) is 6.92 Å². The summed E-state index contributed by atoms with van der Waals surface area (Å²) in [7, 11) is 0. The molecule has 0 aliphatic carbocycles. The molecule has 1 amide bonds. The zero-order chi connectivity index (χ0) is 14.4. The highest BCUT2D eigenvalue weighted by molar-refractivity contribution is 5.95. The molecule has 0 spiro atoms. The van der Waals surface area contributed by atoms with Crippen LogP contribution in [0.1, 0.15) is 36.5 Å². The molecule has 0 radical (unpaired) electrons. The lowest BCUT2D eigenvalue weighted by atomic mass is 10.2. The lowest BCUT2D eigenvalue weighted by Gasteiger charge is -2.12. The lowest BCUT2D eigenvalue weighted by Crippen LogP contribution is -2.41. The highest BCUT2D eigenvalue weighted by Crippen LogP contribution is 2.06. The molecule has 1 unspecified atom stereocenters. The van der Waals surface area contributed by atoms with Crippen molar-refractivity contribution in [1.82, 2.24) is 15.1 Å². The van der Waals surface area contributed by atoms with Crippen LogP contribution in [-0.4, -0.2) is 32.8 Å². The number of carbonyl (C=O) groups is 2. The number of hydrogen-bond acceptors (Lipinski definition) is 3. The smallest absolute Gasteiger partial charge is 0.327 e. The quantitative estimate of drug-likeness (QED) is 0.739. The van der Waals surface area contributed by atoms with Crippen molar-refractivity contribution < 1.29 is 14.7 Å². The van der Waals surface area contributed by atoms with E-state index in [9.17, 15) is 9.59 Å². The van der Waals surface area contributed by atoms with Gasteiger partial charge < -0.3 is 10.4 Å². The second-order valence-electron chi connectivity index (χ2n) is 3.96. The zero-order valence-corrected chi connectivity index (χ0v) is 11.0. The topological polar surface area (TPSA) is 84.2 Å². The van der Waals surface area contributed by atoms with Crippen LogP contribution in [0.15, 0.2) is 6.07 Å². The molecule has 0 aliphatic heterocycles. The zero-order valence-electron chi connectivity index (χ0n) is 11.0. The van der Waals surface area contributed by atoms with Crippen molar-refractivity contribution in [2.75, 3.05) is 0 Å². The van der Waals surface area contributed by atoms with Gasteiger partial charge in [0.15, 0.2) is 0 Å². The van der Waals surface area contributed by atoms with E-state index < -0.39 is 17.9 Å². The number of carboxylic acids is 1. The molecule has 0 aliphatic rings. The number of carboxylic acid groups (broad SMARTS) is 1. The number of nitrogens with zero attached hydrogens (tertiary/aromatic N) is 2. The fourth-order valence-corrected chi connectivity index (χ4v) is 1.62. The van der Waals surface area contributed by atoms with Gasteiger partial charge in [-0.25, -0.2) is 4.79 Å². The summed E-state index contributed by atoms with van der Waals surface area (Å²) in [5.74, 6) is 0.609. The molecule has 6 heteroatoms. The molecule has 19 heavy (non-hydrogen) atoms. The summed E-state index contributed by atoms with van der Waals surface area (Å²) in [6, 6.07) is 0.580. The lowest BCUT2D eigenvalue weighted by molar-refractivity contribution is -0.139. The van der Waals surface area contributed by atoms with Crippen LogP contribution in [0, 0.1) is 12.3 Å². The van der Waals surface area contributed by atoms with Gasteiger partial charge >= 0.3 is 5.97 Å². The van der Waals surface area contributed by atoms with E-state index in [1.54, 1.807) is 10.7 Å². The van der Waals surface area contributed by atoms with Crippen molar-refractivity contribution in [1.29, 1.82) is 0 Å². The normalized spacial score (nSPS) is 11.6. The third-order valence-electron chi connectivity index (χ3n) is 2.65. The van der Waals surface area contributed by atoms with Crippen molar-refractivity contribution in [3.63, 3.8) is 0 Å². The Kier molecular flexibility index (Phi) is 5.12. The van der Waals surface area contributed by atoms with Crippen LogP contribution < -0.4 is 5.32 Å². The second-order valence-corrected chi connectivity index (χ2v) is 3.96. The molecule has 2 N–H and O–H groups in total. The molecule has 1 aromatic heterocycles. The van der Waals surface area contributed by atoms with Gasteiger partial charge in [-0.3, -0.25) is 9.48 Å². The SMILES string of the molecule is C#CCC(NC(=O)c1cc(CC)nn1CC)C(=O)O. The number of aliphatic carboxylic acids is 1. The minimum Gasteiger partial charge on any atom is -0.480 e. The maximum absolute atomic E-state index is 12.0. The van der Waals surface area contributed by atoms with Gasteiger partial charge in [0.05, 0.1) is 5.69 Å². The van der Waals surface area contributed by atoms with Crippen molar-refractivity contribution in [3.05, 3.63) is 17.5 Å². The van der Waals surface area contributed by atoms with Crippen molar-refractivity contribution in [2.24, 2.45) is 0 Å². The summed E-state index contributed by atoms with van der Waals surface area (Å²) in [6.45, 7) is 4.33. The summed E-state index contributed by atoms with van der Waals surface area (Å²) >= 11 is 0. The van der Waals surface area contributed by atoms with E-state index in [-0.39, 0.29) is 6.42 Å². The summed E-state index contributed by atoms with van der Waals surface area (Å²) < 4.78 is 1.54. The highest BCUT2D eigenvalue weighted by Gasteiger charge is 2.22. The minimum atomic E-state index is -1.15. The standard InChI is InChI=1S/C13H17N3O3/c1-4-7-10(13(18)19)14-12(17)11-8-9(5-2)15-16(11)6-3/h1,8,10H,5-7H2,2-3H3,(H,14,17)(H,18,19). The number of aromatic nitrogens is 2. The van der Waals surface area contributed by atoms with Gasteiger partial charge in [0.2, 0.25) is 0 Å². The Hall–Kier alpha value is -2.29. The summed E-state index contributed by atoms with van der Waals surface area (Å²) in [5.41, 5.74) is 1.14. The number of terminal acetylenes is 1. The number of nitrogens with one attached hydrogen (secondary N) is 1. The Morgan fingerprint density at radius 3 is 2.74 bits per heavy atom. The first-order chi connectivity index (χ1) is 9.03. The van der Waals surface area contributed by atoms with E-state index in [0.717, 1.165) is 5.69 Å². The molecule has 0 saturated heterocycles. The molecule has 0 aromatic carbocycles. The highest BCUT2D eigenvalue weighted by atomic mass is 16.4. The van der Waals surface area contributed by atoms with Crippen LogP contribution in [0.3, 0.4) is 0 Å². The molecule has 1 rings (SSSR count). The third kappa shape index (κ3) is 3.58. The molecule has 1 atom stereocenters. The molecule has 0 bridgehead atoms. The first-order valence-corrected chi connectivity index (χ1v) is 6.07. The molecule has 6 nitrogen and oxygen atoms in total. The van der Waals surface area contributed by atoms with Crippen molar-refractivity contribution in [2.45, 2.75) is 39.3 Å². The molecular formula is C13H17N3O3. The summed E-state index contributed by atoms with van der Waals surface area (Å²) in [5, 5.41) is 15.6. The maximum Gasteiger partial charge on any atom is 0.327 e. The van der Waals surface area contributed by atoms with Gasteiger partial charge in [-0.05, 0) is 19.4 Å². The number of aryl methyl sites for hydroxylation is 2. The average molecular weight is 263 g/mol. The molecule has 0 saturated carbocycles. The number of hydrogen-bond donors (Lipinski definition) is 2. The molecule has 1 heterocycles. The predicted octanol–water partition coefficient (Wildman–Crippen LogP) is 0.672. The Labute approximate surface area is 111 Å². The van der Waals surface area contributed by atoms with Gasteiger partial charge in [0.1, 0.15) is 11.7 Å². The first-order valence-electron chi connectivity index (χ1n) is 6.07. The van der Waals surface area contributed by atoms with Crippen LogP contribution in [0.4, 0.5) is 0 Å². The Morgan fingerprint density at radius 1 is 1.58 bits per heavy atom. The second kappa shape index (κ2) is 6.59. The Balaban J connectivity index is 2.90. The summed E-state index contributed by atoms with van der Waals surface area (Å²) in [6.07, 6.45) is 5.74. The van der Waals surface area contributed by atoms with Gasteiger partial charge in [-0.2, -0.15) is 5.10 Å². The molecule has 1 aromatic rings. The van der Waals surface area contributed by atoms with Gasteiger partial charge in [-0.15, -0.1) is 12.3 Å². The van der Waals surface area contributed by atoms with Crippen LogP contribution >= 0.6 is 0 Å². The Morgan fingerprint density at radius 2 is 2.26 bits per heavy atom. The molecule has 102 valence electrons. The number of amides is 1. The van der Waals surface area contributed by atoms with Crippen LogP contribution in [0.5, 0.6) is 0 Å². The van der Waals surface area contributed by atoms with Crippen molar-refractivity contribution in [3.8, 4) is 12.3 Å². The largest absolute Gasteiger partial charge is 0.480 e. The van der Waals surface area contributed by atoms with Crippen LogP contribution in [0.25, 0.3) is 0 Å². The number of carbonyl (C=O) groups excluding carboxylic acids is 1. The van der Waals surface area contributed by atoms with E-state index in [4.69, 9.17) is 11.5 Å². The van der Waals surface area contributed by atoms with E-state index in [0.29, 0.717) is 18.7 Å². The summed E-state index contributed by atoms with van der Waals surface area (Å²) in [4.78, 5) is 23.0. The minimum absolute atomic E-state index is 0.0536. The van der Waals surface area contributed by atoms with Crippen LogP contribution in [0.2, 0.25) is 0 Å². The fourth-order valence-electron chi connectivity index (χ4n) is 1.62. The van der Waals surface area contributed by atoms with E-state index in [1.807, 2.05) is 13.8 Å².